The summed E-state index contributed by atoms with van der Waals surface area (Å²) in [5, 5.41) is 0. The number of hydrogen-bond donors (Lipinski definition) is 0. The molecular formula is C15H24ClNO4. The number of nitrogens with zero attached hydrogens (tertiary/aromatic N) is 1. The first-order valence-corrected chi connectivity index (χ1v) is 6.59. The van der Waals surface area contributed by atoms with E-state index in [1.807, 2.05) is 7.05 Å². The average molecular weight is 318 g/mol. The number of carbonyl (C=O) groups excluding carboxylic acids is 1. The quantitative estimate of drug-likeness (QED) is 0.724. The lowest BCUT2D eigenvalue weighted by molar-refractivity contribution is 0.0460. The Balaban J connectivity index is 0.00000400. The zero-order chi connectivity index (χ0) is 15.1. The fourth-order valence-corrected chi connectivity index (χ4v) is 1.59. The van der Waals surface area contributed by atoms with Gasteiger partial charge in [-0.25, -0.2) is 4.79 Å². The molecule has 0 aliphatic heterocycles. The summed E-state index contributed by atoms with van der Waals surface area (Å²) >= 11 is 0. The van der Waals surface area contributed by atoms with Crippen LogP contribution in [0.5, 0.6) is 11.5 Å². The van der Waals surface area contributed by atoms with Crippen molar-refractivity contribution >= 4 is 18.4 Å². The zero-order valence-electron chi connectivity index (χ0n) is 13.2. The number of carbonyl (C=O) groups is 1. The van der Waals surface area contributed by atoms with E-state index in [2.05, 4.69) is 18.7 Å². The monoisotopic (exact) mass is 317 g/mol. The molecule has 1 aromatic rings. The number of ether oxygens (including phenoxy) is 3. The summed E-state index contributed by atoms with van der Waals surface area (Å²) in [6, 6.07) is 5.40. The fraction of sp³-hybridized carbons (Fsp3) is 0.533. The zero-order valence-corrected chi connectivity index (χ0v) is 14.0. The molecule has 1 aromatic carbocycles. The molecule has 0 spiro atoms. The van der Waals surface area contributed by atoms with Crippen molar-refractivity contribution in [2.45, 2.75) is 19.9 Å². The van der Waals surface area contributed by atoms with Gasteiger partial charge in [0.05, 0.1) is 19.8 Å². The number of benzene rings is 1. The molecule has 0 aromatic heterocycles. The van der Waals surface area contributed by atoms with E-state index in [9.17, 15) is 4.79 Å². The molecule has 0 aliphatic carbocycles. The number of esters is 1. The second-order valence-corrected chi connectivity index (χ2v) is 4.78. The van der Waals surface area contributed by atoms with Crippen LogP contribution in [0.3, 0.4) is 0 Å². The van der Waals surface area contributed by atoms with E-state index in [-0.39, 0.29) is 18.4 Å². The minimum atomic E-state index is -0.358. The molecule has 0 saturated heterocycles. The van der Waals surface area contributed by atoms with Gasteiger partial charge in [-0.2, -0.15) is 0 Å². The molecule has 0 amide bonds. The van der Waals surface area contributed by atoms with E-state index >= 15 is 0 Å². The van der Waals surface area contributed by atoms with Crippen LogP contribution >= 0.6 is 12.4 Å². The van der Waals surface area contributed by atoms with Gasteiger partial charge >= 0.3 is 5.97 Å². The molecule has 0 aliphatic rings. The first kappa shape index (κ1) is 19.5. The molecule has 0 saturated carbocycles. The molecule has 0 atom stereocenters. The van der Waals surface area contributed by atoms with E-state index in [1.165, 1.54) is 7.11 Å². The van der Waals surface area contributed by atoms with E-state index in [1.54, 1.807) is 25.3 Å². The minimum absolute atomic E-state index is 0. The topological polar surface area (TPSA) is 48.0 Å². The van der Waals surface area contributed by atoms with Crippen LogP contribution in [-0.2, 0) is 4.74 Å². The van der Waals surface area contributed by atoms with Gasteiger partial charge in [-0.05, 0) is 39.1 Å². The van der Waals surface area contributed by atoms with Crippen LogP contribution in [0.2, 0.25) is 0 Å². The Morgan fingerprint density at radius 3 is 2.33 bits per heavy atom. The lowest BCUT2D eigenvalue weighted by atomic mass is 10.2. The third-order valence-electron chi connectivity index (χ3n) is 3.18. The lowest BCUT2D eigenvalue weighted by Crippen LogP contribution is -2.30. The highest BCUT2D eigenvalue weighted by molar-refractivity contribution is 5.90. The van der Waals surface area contributed by atoms with Crippen molar-refractivity contribution in [3.05, 3.63) is 23.8 Å². The summed E-state index contributed by atoms with van der Waals surface area (Å²) in [4.78, 5) is 14.0. The molecular weight excluding hydrogens is 294 g/mol. The van der Waals surface area contributed by atoms with E-state index < -0.39 is 0 Å². The SMILES string of the molecule is COc1ccc(C(=O)OCCN(C)C(C)C)cc1OC.Cl. The smallest absolute Gasteiger partial charge is 0.338 e. The Morgan fingerprint density at radius 2 is 1.81 bits per heavy atom. The highest BCUT2D eigenvalue weighted by Gasteiger charge is 2.12. The molecule has 0 unspecified atom stereocenters. The predicted octanol–water partition coefficient (Wildman–Crippen LogP) is 2.62. The van der Waals surface area contributed by atoms with Crippen molar-refractivity contribution < 1.29 is 19.0 Å². The third kappa shape index (κ3) is 5.81. The van der Waals surface area contributed by atoms with Crippen molar-refractivity contribution in [3.8, 4) is 11.5 Å². The van der Waals surface area contributed by atoms with Crippen LogP contribution < -0.4 is 9.47 Å². The Bertz CT molecular complexity index is 451. The average Bonchev–Trinajstić information content (AvgIpc) is 2.45. The summed E-state index contributed by atoms with van der Waals surface area (Å²) in [5.41, 5.74) is 0.454. The Morgan fingerprint density at radius 1 is 1.19 bits per heavy atom. The standard InChI is InChI=1S/C15H23NO4.ClH/c1-11(2)16(3)8-9-20-15(17)12-6-7-13(18-4)14(10-12)19-5;/h6-7,10-11H,8-9H2,1-5H3;1H. The Labute approximate surface area is 132 Å². The highest BCUT2D eigenvalue weighted by Crippen LogP contribution is 2.27. The Kier molecular flexibility index (Phi) is 8.81. The van der Waals surface area contributed by atoms with Crippen molar-refractivity contribution in [3.63, 3.8) is 0 Å². The van der Waals surface area contributed by atoms with Gasteiger partial charge in [-0.15, -0.1) is 12.4 Å². The lowest BCUT2D eigenvalue weighted by Gasteiger charge is -2.20. The molecule has 0 bridgehead atoms. The third-order valence-corrected chi connectivity index (χ3v) is 3.18. The number of methoxy groups -OCH3 is 2. The molecule has 21 heavy (non-hydrogen) atoms. The number of halogens is 1. The van der Waals surface area contributed by atoms with Crippen LogP contribution in [0, 0.1) is 0 Å². The van der Waals surface area contributed by atoms with Crippen molar-refractivity contribution in [2.75, 3.05) is 34.4 Å². The summed E-state index contributed by atoms with van der Waals surface area (Å²) < 4.78 is 15.5. The molecule has 120 valence electrons. The number of rotatable bonds is 7. The fourth-order valence-electron chi connectivity index (χ4n) is 1.59. The van der Waals surface area contributed by atoms with Crippen LogP contribution in [-0.4, -0.2) is 51.3 Å². The number of hydrogen-bond acceptors (Lipinski definition) is 5. The Hall–Kier alpha value is -1.46. The first-order valence-electron chi connectivity index (χ1n) is 6.59. The molecule has 6 heteroatoms. The highest BCUT2D eigenvalue weighted by atomic mass is 35.5. The van der Waals surface area contributed by atoms with Crippen LogP contribution in [0.15, 0.2) is 18.2 Å². The molecule has 0 fully saturated rings. The second kappa shape index (κ2) is 9.47. The molecule has 1 rings (SSSR count). The largest absolute Gasteiger partial charge is 0.493 e. The molecule has 0 heterocycles. The van der Waals surface area contributed by atoms with Gasteiger partial charge in [-0.3, -0.25) is 0 Å². The summed E-state index contributed by atoms with van der Waals surface area (Å²) in [6.45, 7) is 5.25. The predicted molar refractivity (Wildman–Crippen MR) is 84.8 cm³/mol. The van der Waals surface area contributed by atoms with Gasteiger partial charge in [0.25, 0.3) is 0 Å². The maximum absolute atomic E-state index is 11.9. The van der Waals surface area contributed by atoms with Gasteiger partial charge < -0.3 is 19.1 Å². The van der Waals surface area contributed by atoms with Crippen LogP contribution in [0.4, 0.5) is 0 Å². The van der Waals surface area contributed by atoms with E-state index in [0.29, 0.717) is 36.3 Å². The summed E-state index contributed by atoms with van der Waals surface area (Å²) in [7, 11) is 5.08. The summed E-state index contributed by atoms with van der Waals surface area (Å²) in [6.07, 6.45) is 0. The van der Waals surface area contributed by atoms with Crippen LogP contribution in [0.25, 0.3) is 0 Å². The minimum Gasteiger partial charge on any atom is -0.493 e. The molecule has 5 nitrogen and oxygen atoms in total. The first-order chi connectivity index (χ1) is 9.49. The van der Waals surface area contributed by atoms with Gasteiger partial charge in [0.1, 0.15) is 6.61 Å². The van der Waals surface area contributed by atoms with Gasteiger partial charge in [-0.1, -0.05) is 0 Å². The van der Waals surface area contributed by atoms with Gasteiger partial charge in [0.2, 0.25) is 0 Å². The number of likely N-dealkylation sites (N-methyl/N-ethyl adjacent to an activating group) is 1. The normalized spacial score (nSPS) is 10.2. The second-order valence-electron chi connectivity index (χ2n) is 4.78. The van der Waals surface area contributed by atoms with E-state index in [0.717, 1.165) is 0 Å². The molecule has 0 radical (unpaired) electrons. The van der Waals surface area contributed by atoms with Crippen molar-refractivity contribution in [1.82, 2.24) is 4.90 Å². The summed E-state index contributed by atoms with van der Waals surface area (Å²) in [5.74, 6) is 0.743. The maximum atomic E-state index is 11.9. The van der Waals surface area contributed by atoms with Crippen molar-refractivity contribution in [2.24, 2.45) is 0 Å². The van der Waals surface area contributed by atoms with Crippen LogP contribution in [0.1, 0.15) is 24.2 Å². The van der Waals surface area contributed by atoms with Crippen molar-refractivity contribution in [1.29, 1.82) is 0 Å². The molecule has 0 N–H and O–H groups in total. The van der Waals surface area contributed by atoms with Gasteiger partial charge in [0, 0.05) is 12.6 Å². The maximum Gasteiger partial charge on any atom is 0.338 e. The van der Waals surface area contributed by atoms with E-state index in [4.69, 9.17) is 14.2 Å². The van der Waals surface area contributed by atoms with Gasteiger partial charge in [0.15, 0.2) is 11.5 Å².